The lowest BCUT2D eigenvalue weighted by molar-refractivity contribution is -0.133. The van der Waals surface area contributed by atoms with Gasteiger partial charge in [0.1, 0.15) is 6.61 Å². The number of carboxylic acids is 1. The van der Waals surface area contributed by atoms with Crippen LogP contribution in [0.25, 0.3) is 11.1 Å². The molecule has 3 rings (SSSR count). The average Bonchev–Trinajstić information content (AvgIpc) is 3.17. The number of rotatable bonds is 15. The number of benzene rings is 2. The lowest BCUT2D eigenvalue weighted by atomic mass is 9.98. The zero-order chi connectivity index (χ0) is 24.9. The van der Waals surface area contributed by atoms with Crippen LogP contribution in [-0.2, 0) is 14.3 Å². The molecule has 2 aromatic rings. The lowest BCUT2D eigenvalue weighted by Gasteiger charge is -2.14. The van der Waals surface area contributed by atoms with Crippen LogP contribution in [0.3, 0.4) is 0 Å². The highest BCUT2D eigenvalue weighted by Gasteiger charge is 2.28. The monoisotopic (exact) mass is 498 g/mol. The second kappa shape index (κ2) is 14.4. The summed E-state index contributed by atoms with van der Waals surface area (Å²) in [6, 6.07) is 16.6. The summed E-state index contributed by atoms with van der Waals surface area (Å²) in [6.07, 6.45) is 4.76. The van der Waals surface area contributed by atoms with E-state index in [2.05, 4.69) is 34.9 Å². The van der Waals surface area contributed by atoms with E-state index in [0.29, 0.717) is 31.9 Å². The maximum Gasteiger partial charge on any atom is 0.407 e. The van der Waals surface area contributed by atoms with Crippen LogP contribution in [0.2, 0.25) is 0 Å². The topological polar surface area (TPSA) is 105 Å². The maximum absolute atomic E-state index is 12.2. The van der Waals surface area contributed by atoms with Gasteiger partial charge in [0, 0.05) is 31.2 Å². The van der Waals surface area contributed by atoms with Crippen molar-refractivity contribution in [2.75, 3.05) is 31.2 Å². The summed E-state index contributed by atoms with van der Waals surface area (Å²) in [5, 5.41) is 14.2. The van der Waals surface area contributed by atoms with E-state index in [9.17, 15) is 14.4 Å². The molecule has 3 N–H and O–H groups in total. The van der Waals surface area contributed by atoms with E-state index < -0.39 is 5.97 Å². The van der Waals surface area contributed by atoms with E-state index in [1.807, 2.05) is 24.3 Å². The Bertz CT molecular complexity index is 952. The predicted molar refractivity (Wildman–Crippen MR) is 139 cm³/mol. The van der Waals surface area contributed by atoms with Gasteiger partial charge in [-0.15, -0.1) is 11.8 Å². The number of hydrogen-bond donors (Lipinski definition) is 3. The molecule has 188 valence electrons. The highest BCUT2D eigenvalue weighted by atomic mass is 32.2. The molecular formula is C27H34N2O5S. The fraction of sp³-hybridized carbons (Fsp3) is 0.444. The first kappa shape index (κ1) is 26.6. The fourth-order valence-electron chi connectivity index (χ4n) is 4.29. The zero-order valence-electron chi connectivity index (χ0n) is 20.0. The van der Waals surface area contributed by atoms with Gasteiger partial charge >= 0.3 is 12.1 Å². The van der Waals surface area contributed by atoms with Crippen molar-refractivity contribution in [2.45, 2.75) is 44.4 Å². The van der Waals surface area contributed by atoms with E-state index in [-0.39, 0.29) is 23.7 Å². The van der Waals surface area contributed by atoms with E-state index in [1.165, 1.54) is 34.0 Å². The maximum atomic E-state index is 12.2. The third kappa shape index (κ3) is 8.62. The van der Waals surface area contributed by atoms with Crippen molar-refractivity contribution in [1.82, 2.24) is 10.6 Å². The number of ether oxygens (including phenoxy) is 1. The van der Waals surface area contributed by atoms with Crippen LogP contribution < -0.4 is 10.6 Å². The van der Waals surface area contributed by atoms with E-state index in [0.717, 1.165) is 32.1 Å². The Morgan fingerprint density at radius 1 is 0.829 bits per heavy atom. The number of carboxylic acid groups (broad SMARTS) is 1. The standard InChI is InChI=1S/C27H34N2O5S/c30-25(28-16-17-35-19-26(31)32)14-4-2-1-3-9-15-29-27(33)34-18-24-22-12-7-5-10-20(22)21-11-6-8-13-23(21)24/h5-8,10-13,24H,1-4,9,14-19H2,(H,28,30)(H,29,33)(H,31,32). The lowest BCUT2D eigenvalue weighted by Crippen LogP contribution is -2.27. The van der Waals surface area contributed by atoms with E-state index in [4.69, 9.17) is 9.84 Å². The van der Waals surface area contributed by atoms with Gasteiger partial charge in [-0.3, -0.25) is 9.59 Å². The average molecular weight is 499 g/mol. The molecule has 2 aromatic carbocycles. The second-order valence-electron chi connectivity index (χ2n) is 8.57. The first-order chi connectivity index (χ1) is 17.1. The minimum atomic E-state index is -0.838. The molecule has 8 heteroatoms. The smallest absolute Gasteiger partial charge is 0.407 e. The van der Waals surface area contributed by atoms with Crippen molar-refractivity contribution in [3.8, 4) is 11.1 Å². The summed E-state index contributed by atoms with van der Waals surface area (Å²) >= 11 is 1.30. The van der Waals surface area contributed by atoms with Crippen LogP contribution in [0.1, 0.15) is 55.6 Å². The molecular weight excluding hydrogens is 464 g/mol. The molecule has 0 unspecified atom stereocenters. The van der Waals surface area contributed by atoms with Crippen LogP contribution >= 0.6 is 11.8 Å². The number of carbonyl (C=O) groups is 3. The summed E-state index contributed by atoms with van der Waals surface area (Å²) in [6.45, 7) is 1.39. The molecule has 35 heavy (non-hydrogen) atoms. The largest absolute Gasteiger partial charge is 0.481 e. The molecule has 0 radical (unpaired) electrons. The minimum absolute atomic E-state index is 0.0119. The number of hydrogen-bond acceptors (Lipinski definition) is 5. The summed E-state index contributed by atoms with van der Waals surface area (Å²) in [5.41, 5.74) is 4.83. The van der Waals surface area contributed by atoms with Gasteiger partial charge in [0.15, 0.2) is 0 Å². The number of fused-ring (bicyclic) bond motifs is 3. The van der Waals surface area contributed by atoms with Crippen molar-refractivity contribution < 1.29 is 24.2 Å². The van der Waals surface area contributed by atoms with Gasteiger partial charge in [0.25, 0.3) is 0 Å². The van der Waals surface area contributed by atoms with Crippen molar-refractivity contribution >= 4 is 29.7 Å². The molecule has 0 aliphatic heterocycles. The summed E-state index contributed by atoms with van der Waals surface area (Å²) in [7, 11) is 0. The third-order valence-corrected chi connectivity index (χ3v) is 6.93. The zero-order valence-corrected chi connectivity index (χ0v) is 20.8. The predicted octanol–water partition coefficient (Wildman–Crippen LogP) is 4.80. The quantitative estimate of drug-likeness (QED) is 0.305. The minimum Gasteiger partial charge on any atom is -0.481 e. The first-order valence-electron chi connectivity index (χ1n) is 12.2. The van der Waals surface area contributed by atoms with Gasteiger partial charge in [0.2, 0.25) is 5.91 Å². The Balaban J connectivity index is 1.21. The van der Waals surface area contributed by atoms with Gasteiger partial charge in [0.05, 0.1) is 5.75 Å². The molecule has 0 aromatic heterocycles. The van der Waals surface area contributed by atoms with Crippen molar-refractivity contribution in [2.24, 2.45) is 0 Å². The van der Waals surface area contributed by atoms with Gasteiger partial charge in [-0.25, -0.2) is 4.79 Å². The van der Waals surface area contributed by atoms with Gasteiger partial charge < -0.3 is 20.5 Å². The van der Waals surface area contributed by atoms with Gasteiger partial charge in [-0.05, 0) is 35.1 Å². The van der Waals surface area contributed by atoms with Crippen molar-refractivity contribution in [1.29, 1.82) is 0 Å². The second-order valence-corrected chi connectivity index (χ2v) is 9.67. The summed E-state index contributed by atoms with van der Waals surface area (Å²) < 4.78 is 5.55. The number of aliphatic carboxylic acids is 1. The highest BCUT2D eigenvalue weighted by Crippen LogP contribution is 2.44. The number of alkyl carbamates (subject to hydrolysis) is 1. The molecule has 0 saturated heterocycles. The number of unbranched alkanes of at least 4 members (excludes halogenated alkanes) is 4. The number of thioether (sulfide) groups is 1. The normalized spacial score (nSPS) is 12.0. The Labute approximate surface area is 211 Å². The van der Waals surface area contributed by atoms with Crippen LogP contribution in [0, 0.1) is 0 Å². The summed E-state index contributed by atoms with van der Waals surface area (Å²) in [4.78, 5) is 34.3. The Morgan fingerprint density at radius 3 is 2.14 bits per heavy atom. The molecule has 0 fully saturated rings. The number of nitrogens with one attached hydrogen (secondary N) is 2. The Hall–Kier alpha value is -3.00. The van der Waals surface area contributed by atoms with Gasteiger partial charge in [-0.1, -0.05) is 67.8 Å². The van der Waals surface area contributed by atoms with Gasteiger partial charge in [-0.2, -0.15) is 0 Å². The SMILES string of the molecule is O=C(O)CSCCNC(=O)CCCCCCCNC(=O)OCC1c2ccccc2-c2ccccc21. The molecule has 2 amide bonds. The van der Waals surface area contributed by atoms with E-state index >= 15 is 0 Å². The molecule has 7 nitrogen and oxygen atoms in total. The van der Waals surface area contributed by atoms with Crippen LogP contribution in [0.5, 0.6) is 0 Å². The molecule has 0 saturated carbocycles. The van der Waals surface area contributed by atoms with E-state index in [1.54, 1.807) is 0 Å². The Morgan fingerprint density at radius 2 is 1.46 bits per heavy atom. The molecule has 0 spiro atoms. The van der Waals surface area contributed by atoms with Crippen LogP contribution in [0.15, 0.2) is 48.5 Å². The molecule has 0 bridgehead atoms. The summed E-state index contributed by atoms with van der Waals surface area (Å²) in [5.74, 6) is -0.0951. The molecule has 0 atom stereocenters. The first-order valence-corrected chi connectivity index (χ1v) is 13.4. The van der Waals surface area contributed by atoms with Crippen LogP contribution in [0.4, 0.5) is 4.79 Å². The Kier molecular flexibility index (Phi) is 11.0. The third-order valence-electron chi connectivity index (χ3n) is 5.99. The molecule has 0 heterocycles. The van der Waals surface area contributed by atoms with Crippen molar-refractivity contribution in [3.63, 3.8) is 0 Å². The fourth-order valence-corrected chi connectivity index (χ4v) is 4.86. The highest BCUT2D eigenvalue weighted by molar-refractivity contribution is 7.99. The number of carbonyl (C=O) groups excluding carboxylic acids is 2. The number of amides is 2. The molecule has 1 aliphatic rings. The van der Waals surface area contributed by atoms with Crippen molar-refractivity contribution in [3.05, 3.63) is 59.7 Å². The molecule has 1 aliphatic carbocycles. The van der Waals surface area contributed by atoms with Crippen LogP contribution in [-0.4, -0.2) is 54.3 Å².